The normalized spacial score (nSPS) is 16.2. The van der Waals surface area contributed by atoms with E-state index in [0.717, 1.165) is 44.3 Å². The molecule has 1 heterocycles. The summed E-state index contributed by atoms with van der Waals surface area (Å²) >= 11 is 0. The molecule has 1 N–H and O–H groups in total. The van der Waals surface area contributed by atoms with Crippen LogP contribution in [0.3, 0.4) is 0 Å². The average molecular weight is 379 g/mol. The van der Waals surface area contributed by atoms with Crippen LogP contribution in [0.15, 0.2) is 42.5 Å². The van der Waals surface area contributed by atoms with Gasteiger partial charge in [-0.1, -0.05) is 24.3 Å². The molecule has 6 nitrogen and oxygen atoms in total. The number of benzene rings is 2. The highest BCUT2D eigenvalue weighted by atomic mass is 16.6. The fourth-order valence-electron chi connectivity index (χ4n) is 4.34. The molecule has 2 aliphatic rings. The molecule has 1 amide bonds. The van der Waals surface area contributed by atoms with Crippen LogP contribution in [0, 0.1) is 16.0 Å². The molecule has 1 aliphatic carbocycles. The van der Waals surface area contributed by atoms with E-state index in [1.165, 1.54) is 17.2 Å². The third-order valence-electron chi connectivity index (χ3n) is 5.83. The fraction of sp³-hybridized carbons (Fsp3) is 0.409. The molecule has 0 saturated carbocycles. The van der Waals surface area contributed by atoms with Crippen molar-refractivity contribution in [1.29, 1.82) is 0 Å². The summed E-state index contributed by atoms with van der Waals surface area (Å²) in [6.07, 6.45) is 5.16. The molecule has 6 heteroatoms. The van der Waals surface area contributed by atoms with Gasteiger partial charge in [0, 0.05) is 31.4 Å². The van der Waals surface area contributed by atoms with Crippen LogP contribution in [0.25, 0.3) is 0 Å². The van der Waals surface area contributed by atoms with Gasteiger partial charge in [0.25, 0.3) is 11.6 Å². The smallest absolute Gasteiger partial charge is 0.282 e. The summed E-state index contributed by atoms with van der Waals surface area (Å²) in [4.78, 5) is 25.3. The van der Waals surface area contributed by atoms with E-state index in [4.69, 9.17) is 0 Å². The number of anilines is 1. The molecule has 4 rings (SSSR count). The van der Waals surface area contributed by atoms with Crippen molar-refractivity contribution in [2.24, 2.45) is 5.92 Å². The Morgan fingerprint density at radius 1 is 1.11 bits per heavy atom. The second kappa shape index (κ2) is 8.00. The first-order valence-electron chi connectivity index (χ1n) is 10.00. The van der Waals surface area contributed by atoms with Crippen LogP contribution < -0.4 is 5.32 Å². The van der Waals surface area contributed by atoms with E-state index in [1.54, 1.807) is 17.0 Å². The zero-order chi connectivity index (χ0) is 19.5. The summed E-state index contributed by atoms with van der Waals surface area (Å²) in [7, 11) is 0. The lowest BCUT2D eigenvalue weighted by Crippen LogP contribution is -2.28. The van der Waals surface area contributed by atoms with Gasteiger partial charge in [0.05, 0.1) is 4.92 Å². The molecule has 146 valence electrons. The monoisotopic (exact) mass is 379 g/mol. The minimum atomic E-state index is -0.469. The predicted molar refractivity (Wildman–Crippen MR) is 109 cm³/mol. The van der Waals surface area contributed by atoms with E-state index >= 15 is 0 Å². The lowest BCUT2D eigenvalue weighted by molar-refractivity contribution is -0.385. The van der Waals surface area contributed by atoms with Gasteiger partial charge in [-0.2, -0.15) is 0 Å². The van der Waals surface area contributed by atoms with E-state index in [2.05, 4.69) is 29.6 Å². The molecule has 0 aromatic heterocycles. The van der Waals surface area contributed by atoms with Crippen LogP contribution >= 0.6 is 0 Å². The van der Waals surface area contributed by atoms with Gasteiger partial charge in [0.15, 0.2) is 0 Å². The Kier molecular flexibility index (Phi) is 5.28. The van der Waals surface area contributed by atoms with Crippen LogP contribution in [0.2, 0.25) is 0 Å². The van der Waals surface area contributed by atoms with E-state index in [9.17, 15) is 14.9 Å². The van der Waals surface area contributed by atoms with Crippen molar-refractivity contribution >= 4 is 17.3 Å². The first-order valence-corrected chi connectivity index (χ1v) is 10.00. The molecule has 0 radical (unpaired) electrons. The van der Waals surface area contributed by atoms with Crippen LogP contribution in [0.5, 0.6) is 0 Å². The molecular formula is C22H25N3O3. The molecule has 2 aromatic carbocycles. The number of nitro groups is 1. The molecule has 0 bridgehead atoms. The standard InChI is InChI=1S/C22H25N3O3/c26-22(24-11-3-4-12-24)20-15-19(7-8-21(20)25(27)28)23-10-9-16-13-17-5-1-2-6-18(17)14-16/h1-2,5-8,15-16,23H,3-4,9-14H2. The summed E-state index contributed by atoms with van der Waals surface area (Å²) in [5.41, 5.74) is 3.73. The molecule has 0 spiro atoms. The highest BCUT2D eigenvalue weighted by molar-refractivity contribution is 5.99. The summed E-state index contributed by atoms with van der Waals surface area (Å²) in [6.45, 7) is 2.14. The highest BCUT2D eigenvalue weighted by Gasteiger charge is 2.27. The lowest BCUT2D eigenvalue weighted by atomic mass is 10.0. The first kappa shape index (κ1) is 18.5. The summed E-state index contributed by atoms with van der Waals surface area (Å²) in [6, 6.07) is 13.4. The molecule has 1 aliphatic heterocycles. The fourth-order valence-corrected chi connectivity index (χ4v) is 4.34. The van der Waals surface area contributed by atoms with Crippen molar-refractivity contribution in [2.45, 2.75) is 32.1 Å². The zero-order valence-corrected chi connectivity index (χ0v) is 15.9. The lowest BCUT2D eigenvalue weighted by Gasteiger charge is -2.16. The Morgan fingerprint density at radius 2 is 1.79 bits per heavy atom. The van der Waals surface area contributed by atoms with Gasteiger partial charge in [0.1, 0.15) is 5.56 Å². The van der Waals surface area contributed by atoms with Crippen molar-refractivity contribution in [1.82, 2.24) is 4.90 Å². The number of likely N-dealkylation sites (tertiary alicyclic amines) is 1. The largest absolute Gasteiger partial charge is 0.385 e. The quantitative estimate of drug-likeness (QED) is 0.607. The number of rotatable bonds is 6. The van der Waals surface area contributed by atoms with Crippen LogP contribution in [-0.2, 0) is 12.8 Å². The Bertz CT molecular complexity index is 865. The Morgan fingerprint density at radius 3 is 2.43 bits per heavy atom. The third kappa shape index (κ3) is 3.86. The third-order valence-corrected chi connectivity index (χ3v) is 5.83. The highest BCUT2D eigenvalue weighted by Crippen LogP contribution is 2.29. The number of hydrogen-bond acceptors (Lipinski definition) is 4. The number of nitrogens with zero attached hydrogens (tertiary/aromatic N) is 2. The Hall–Kier alpha value is -2.89. The maximum absolute atomic E-state index is 12.7. The number of fused-ring (bicyclic) bond motifs is 1. The zero-order valence-electron chi connectivity index (χ0n) is 15.9. The Balaban J connectivity index is 1.40. The van der Waals surface area contributed by atoms with Crippen molar-refractivity contribution in [2.75, 3.05) is 25.0 Å². The first-order chi connectivity index (χ1) is 13.6. The minimum Gasteiger partial charge on any atom is -0.385 e. The number of amides is 1. The molecule has 1 fully saturated rings. The SMILES string of the molecule is O=C(c1cc(NCCC2Cc3ccccc3C2)ccc1[N+](=O)[O-])N1CCCC1. The average Bonchev–Trinajstić information content (AvgIpc) is 3.36. The number of nitro benzene ring substituents is 1. The van der Waals surface area contributed by atoms with Crippen molar-refractivity contribution in [3.63, 3.8) is 0 Å². The van der Waals surface area contributed by atoms with Crippen LogP contribution in [0.4, 0.5) is 11.4 Å². The van der Waals surface area contributed by atoms with Crippen molar-refractivity contribution in [3.05, 3.63) is 69.3 Å². The second-order valence-corrected chi connectivity index (χ2v) is 7.75. The van der Waals surface area contributed by atoms with E-state index in [-0.39, 0.29) is 17.2 Å². The Labute approximate surface area is 164 Å². The number of carbonyl (C=O) groups is 1. The van der Waals surface area contributed by atoms with E-state index in [0.29, 0.717) is 19.0 Å². The topological polar surface area (TPSA) is 75.5 Å². The number of carbonyl (C=O) groups excluding carboxylic acids is 1. The summed E-state index contributed by atoms with van der Waals surface area (Å²) in [5, 5.41) is 14.7. The molecule has 0 atom stereocenters. The predicted octanol–water partition coefficient (Wildman–Crippen LogP) is 4.05. The van der Waals surface area contributed by atoms with Crippen LogP contribution in [0.1, 0.15) is 40.7 Å². The molecule has 2 aromatic rings. The molecule has 0 unspecified atom stereocenters. The maximum atomic E-state index is 12.7. The number of hydrogen-bond donors (Lipinski definition) is 1. The number of nitrogens with one attached hydrogen (secondary N) is 1. The maximum Gasteiger partial charge on any atom is 0.282 e. The summed E-state index contributed by atoms with van der Waals surface area (Å²) in [5.74, 6) is 0.382. The van der Waals surface area contributed by atoms with Gasteiger partial charge < -0.3 is 10.2 Å². The van der Waals surface area contributed by atoms with Crippen molar-refractivity contribution in [3.8, 4) is 0 Å². The molecule has 1 saturated heterocycles. The van der Waals surface area contributed by atoms with Gasteiger partial charge in [0.2, 0.25) is 0 Å². The van der Waals surface area contributed by atoms with E-state index < -0.39 is 4.92 Å². The van der Waals surface area contributed by atoms with Gasteiger partial charge in [-0.05, 0) is 61.3 Å². The van der Waals surface area contributed by atoms with Gasteiger partial charge in [-0.25, -0.2) is 0 Å². The van der Waals surface area contributed by atoms with Gasteiger partial charge >= 0.3 is 0 Å². The van der Waals surface area contributed by atoms with E-state index in [1.807, 2.05) is 0 Å². The minimum absolute atomic E-state index is 0.117. The van der Waals surface area contributed by atoms with Gasteiger partial charge in [-0.15, -0.1) is 0 Å². The summed E-state index contributed by atoms with van der Waals surface area (Å²) < 4.78 is 0. The molecule has 28 heavy (non-hydrogen) atoms. The second-order valence-electron chi connectivity index (χ2n) is 7.75. The molecular weight excluding hydrogens is 354 g/mol. The van der Waals surface area contributed by atoms with Crippen molar-refractivity contribution < 1.29 is 9.72 Å². The van der Waals surface area contributed by atoms with Gasteiger partial charge in [-0.3, -0.25) is 14.9 Å². The van der Waals surface area contributed by atoms with Crippen LogP contribution in [-0.4, -0.2) is 35.4 Å².